The monoisotopic (exact) mass is 338 g/mol. The van der Waals surface area contributed by atoms with Crippen molar-refractivity contribution in [3.63, 3.8) is 0 Å². The molecular formula is C14H15IN2. The van der Waals surface area contributed by atoms with Crippen LogP contribution in [0.4, 0.5) is 0 Å². The Labute approximate surface area is 116 Å². The Morgan fingerprint density at radius 1 is 1.18 bits per heavy atom. The summed E-state index contributed by atoms with van der Waals surface area (Å²) in [6.45, 7) is 0. The Balaban J connectivity index is 2.21. The lowest BCUT2D eigenvalue weighted by molar-refractivity contribution is 0.589. The number of pyridine rings is 1. The van der Waals surface area contributed by atoms with Crippen LogP contribution in [0.3, 0.4) is 0 Å². The molecule has 0 spiro atoms. The minimum atomic E-state index is 0.352. The number of halogens is 1. The van der Waals surface area contributed by atoms with E-state index in [1.807, 2.05) is 19.4 Å². The Bertz CT molecular complexity index is 471. The Hall–Kier alpha value is -0.940. The molecule has 2 aromatic rings. The first-order valence-electron chi connectivity index (χ1n) is 5.62. The van der Waals surface area contributed by atoms with Crippen molar-refractivity contribution in [3.05, 3.63) is 63.5 Å². The minimum Gasteiger partial charge on any atom is -0.313 e. The van der Waals surface area contributed by atoms with E-state index in [9.17, 15) is 0 Å². The van der Waals surface area contributed by atoms with Crippen LogP contribution < -0.4 is 5.32 Å². The number of nitrogens with one attached hydrogen (secondary N) is 1. The summed E-state index contributed by atoms with van der Waals surface area (Å²) in [5.74, 6) is 0. The van der Waals surface area contributed by atoms with E-state index in [4.69, 9.17) is 0 Å². The van der Waals surface area contributed by atoms with Crippen LogP contribution in [0.25, 0.3) is 0 Å². The van der Waals surface area contributed by atoms with Gasteiger partial charge < -0.3 is 5.32 Å². The Morgan fingerprint density at radius 3 is 2.53 bits per heavy atom. The van der Waals surface area contributed by atoms with Crippen molar-refractivity contribution in [3.8, 4) is 0 Å². The summed E-state index contributed by atoms with van der Waals surface area (Å²) in [5.41, 5.74) is 2.66. The summed E-state index contributed by atoms with van der Waals surface area (Å²) in [5, 5.41) is 3.38. The summed E-state index contributed by atoms with van der Waals surface area (Å²) < 4.78 is 1.30. The Kier molecular flexibility index (Phi) is 4.50. The number of rotatable bonds is 4. The van der Waals surface area contributed by atoms with Crippen LogP contribution in [-0.2, 0) is 6.42 Å². The molecule has 1 atom stereocenters. The molecule has 0 aliphatic rings. The molecule has 0 bridgehead atoms. The number of hydrogen-bond donors (Lipinski definition) is 1. The number of nitrogens with zero attached hydrogens (tertiary/aromatic N) is 1. The van der Waals surface area contributed by atoms with Gasteiger partial charge in [0, 0.05) is 22.0 Å². The van der Waals surface area contributed by atoms with E-state index >= 15 is 0 Å². The van der Waals surface area contributed by atoms with Crippen LogP contribution in [0.1, 0.15) is 17.2 Å². The lowest BCUT2D eigenvalue weighted by atomic mass is 10.00. The van der Waals surface area contributed by atoms with Crippen LogP contribution in [-0.4, -0.2) is 12.0 Å². The molecule has 0 aliphatic heterocycles. The highest BCUT2D eigenvalue weighted by molar-refractivity contribution is 14.1. The molecular weight excluding hydrogens is 323 g/mol. The first kappa shape index (κ1) is 12.5. The van der Waals surface area contributed by atoms with Gasteiger partial charge in [-0.2, -0.15) is 0 Å². The third-order valence-corrected chi connectivity index (χ3v) is 3.80. The van der Waals surface area contributed by atoms with Crippen molar-refractivity contribution in [2.24, 2.45) is 0 Å². The number of benzene rings is 1. The van der Waals surface area contributed by atoms with Gasteiger partial charge in [0.2, 0.25) is 0 Å². The molecule has 88 valence electrons. The van der Waals surface area contributed by atoms with Gasteiger partial charge >= 0.3 is 0 Å². The third-order valence-electron chi connectivity index (χ3n) is 2.82. The van der Waals surface area contributed by atoms with Crippen LogP contribution in [0.15, 0.2) is 48.8 Å². The lowest BCUT2D eigenvalue weighted by Crippen LogP contribution is -2.19. The standard InChI is InChI=1S/C14H15IN2/c1-16-14(10-11-6-8-17-9-7-11)12-4-2-3-5-13(12)15/h2-9,14,16H,10H2,1H3. The zero-order valence-electron chi connectivity index (χ0n) is 9.73. The van der Waals surface area contributed by atoms with E-state index < -0.39 is 0 Å². The second-order valence-corrected chi connectivity index (χ2v) is 5.08. The molecule has 0 saturated heterocycles. The molecule has 0 aliphatic carbocycles. The third kappa shape index (κ3) is 3.26. The van der Waals surface area contributed by atoms with E-state index in [-0.39, 0.29) is 0 Å². The first-order chi connectivity index (χ1) is 8.31. The van der Waals surface area contributed by atoms with Gasteiger partial charge in [0.15, 0.2) is 0 Å². The highest BCUT2D eigenvalue weighted by Gasteiger charge is 2.12. The molecule has 1 aromatic carbocycles. The first-order valence-corrected chi connectivity index (χ1v) is 6.69. The molecule has 1 N–H and O–H groups in total. The van der Waals surface area contributed by atoms with Crippen LogP contribution >= 0.6 is 22.6 Å². The van der Waals surface area contributed by atoms with Crippen molar-refractivity contribution < 1.29 is 0 Å². The maximum atomic E-state index is 4.05. The normalized spacial score (nSPS) is 12.4. The van der Waals surface area contributed by atoms with Crippen LogP contribution in [0.5, 0.6) is 0 Å². The number of hydrogen-bond acceptors (Lipinski definition) is 2. The molecule has 0 radical (unpaired) electrons. The molecule has 1 aromatic heterocycles. The summed E-state index contributed by atoms with van der Waals surface area (Å²) in [4.78, 5) is 4.05. The minimum absolute atomic E-state index is 0.352. The molecule has 0 amide bonds. The fraction of sp³-hybridized carbons (Fsp3) is 0.214. The maximum absolute atomic E-state index is 4.05. The van der Waals surface area contributed by atoms with Crippen molar-refractivity contribution >= 4 is 22.6 Å². The van der Waals surface area contributed by atoms with E-state index in [2.05, 4.69) is 69.3 Å². The molecule has 2 nitrogen and oxygen atoms in total. The summed E-state index contributed by atoms with van der Waals surface area (Å²) in [6.07, 6.45) is 4.68. The van der Waals surface area contributed by atoms with Gasteiger partial charge in [-0.1, -0.05) is 18.2 Å². The molecule has 1 unspecified atom stereocenters. The van der Waals surface area contributed by atoms with Gasteiger partial charge in [-0.05, 0) is 65.4 Å². The van der Waals surface area contributed by atoms with E-state index in [0.717, 1.165) is 6.42 Å². The highest BCUT2D eigenvalue weighted by atomic mass is 127. The largest absolute Gasteiger partial charge is 0.313 e. The van der Waals surface area contributed by atoms with Crippen molar-refractivity contribution in [2.75, 3.05) is 7.05 Å². The predicted octanol–water partition coefficient (Wildman–Crippen LogP) is 3.19. The molecule has 2 rings (SSSR count). The number of aromatic nitrogens is 1. The number of likely N-dealkylation sites (N-methyl/N-ethyl adjacent to an activating group) is 1. The maximum Gasteiger partial charge on any atom is 0.0368 e. The van der Waals surface area contributed by atoms with Gasteiger partial charge in [0.05, 0.1) is 0 Å². The van der Waals surface area contributed by atoms with Crippen LogP contribution in [0, 0.1) is 3.57 Å². The van der Waals surface area contributed by atoms with Crippen molar-refractivity contribution in [2.45, 2.75) is 12.5 Å². The van der Waals surface area contributed by atoms with Crippen molar-refractivity contribution in [1.29, 1.82) is 0 Å². The fourth-order valence-corrected chi connectivity index (χ4v) is 2.64. The van der Waals surface area contributed by atoms with Gasteiger partial charge in [0.25, 0.3) is 0 Å². The van der Waals surface area contributed by atoms with Gasteiger partial charge in [-0.15, -0.1) is 0 Å². The molecule has 1 heterocycles. The average Bonchev–Trinajstić information content (AvgIpc) is 2.38. The smallest absolute Gasteiger partial charge is 0.0368 e. The second-order valence-electron chi connectivity index (χ2n) is 3.92. The van der Waals surface area contributed by atoms with Gasteiger partial charge in [-0.3, -0.25) is 4.98 Å². The van der Waals surface area contributed by atoms with E-state index in [1.54, 1.807) is 0 Å². The zero-order valence-corrected chi connectivity index (χ0v) is 11.9. The SMILES string of the molecule is CNC(Cc1ccncc1)c1ccccc1I. The summed E-state index contributed by atoms with van der Waals surface area (Å²) in [6, 6.07) is 13.0. The van der Waals surface area contributed by atoms with Crippen molar-refractivity contribution in [1.82, 2.24) is 10.3 Å². The van der Waals surface area contributed by atoms with E-state index in [0.29, 0.717) is 6.04 Å². The van der Waals surface area contributed by atoms with Gasteiger partial charge in [0.1, 0.15) is 0 Å². The molecule has 3 heteroatoms. The second kappa shape index (κ2) is 6.12. The fourth-order valence-electron chi connectivity index (χ4n) is 1.88. The van der Waals surface area contributed by atoms with Crippen LogP contribution in [0.2, 0.25) is 0 Å². The molecule has 0 saturated carbocycles. The lowest BCUT2D eigenvalue weighted by Gasteiger charge is -2.18. The summed E-state index contributed by atoms with van der Waals surface area (Å²) in [7, 11) is 2.01. The topological polar surface area (TPSA) is 24.9 Å². The molecule has 17 heavy (non-hydrogen) atoms. The quantitative estimate of drug-likeness (QED) is 0.866. The Morgan fingerprint density at radius 2 is 1.88 bits per heavy atom. The van der Waals surface area contributed by atoms with E-state index in [1.165, 1.54) is 14.7 Å². The zero-order chi connectivity index (χ0) is 12.1. The highest BCUT2D eigenvalue weighted by Crippen LogP contribution is 2.22. The summed E-state index contributed by atoms with van der Waals surface area (Å²) >= 11 is 2.39. The predicted molar refractivity (Wildman–Crippen MR) is 78.9 cm³/mol. The average molecular weight is 338 g/mol. The van der Waals surface area contributed by atoms with Gasteiger partial charge in [-0.25, -0.2) is 0 Å². The molecule has 0 fully saturated rings.